The average molecular weight is 655 g/mol. The van der Waals surface area contributed by atoms with Crippen molar-refractivity contribution in [1.29, 1.82) is 0 Å². The Bertz CT molecular complexity index is 639. The normalized spacial score (nSPS) is 14.3. The SMILES string of the molecule is CCCCCCCCCCCCCCCCCCC(O)(C(=O)O)C(O)(CCCCCCCCCCCCCCCCCC)C(=O)O. The maximum absolute atomic E-state index is 12.1. The summed E-state index contributed by atoms with van der Waals surface area (Å²) >= 11 is 0. The molecule has 2 atom stereocenters. The van der Waals surface area contributed by atoms with E-state index in [-0.39, 0.29) is 12.8 Å². The van der Waals surface area contributed by atoms with Crippen LogP contribution >= 0.6 is 0 Å². The molecule has 6 nitrogen and oxygen atoms in total. The Hall–Kier alpha value is -1.14. The van der Waals surface area contributed by atoms with Gasteiger partial charge in [0.15, 0.2) is 0 Å². The monoisotopic (exact) mass is 655 g/mol. The third-order valence-corrected chi connectivity index (χ3v) is 10.2. The fraction of sp³-hybridized carbons (Fsp3) is 0.950. The number of carbonyl (C=O) groups is 2. The molecule has 0 bridgehead atoms. The minimum Gasteiger partial charge on any atom is -0.479 e. The van der Waals surface area contributed by atoms with Crippen molar-refractivity contribution in [1.82, 2.24) is 0 Å². The number of carboxylic acids is 2. The quantitative estimate of drug-likeness (QED) is 0.0495. The molecule has 0 heterocycles. The first kappa shape index (κ1) is 44.9. The Morgan fingerprint density at radius 3 is 0.630 bits per heavy atom. The molecule has 0 rings (SSSR count). The van der Waals surface area contributed by atoms with Crippen LogP contribution in [0.1, 0.15) is 232 Å². The van der Waals surface area contributed by atoms with Gasteiger partial charge in [0, 0.05) is 0 Å². The Morgan fingerprint density at radius 2 is 0.478 bits per heavy atom. The highest BCUT2D eigenvalue weighted by atomic mass is 16.5. The van der Waals surface area contributed by atoms with Gasteiger partial charge in [-0.05, 0) is 25.7 Å². The summed E-state index contributed by atoms with van der Waals surface area (Å²) in [6, 6.07) is 0. The fourth-order valence-corrected chi connectivity index (χ4v) is 6.84. The summed E-state index contributed by atoms with van der Waals surface area (Å²) in [4.78, 5) is 24.1. The summed E-state index contributed by atoms with van der Waals surface area (Å²) in [7, 11) is 0. The molecule has 0 saturated carbocycles. The van der Waals surface area contributed by atoms with Crippen LogP contribution in [0.5, 0.6) is 0 Å². The summed E-state index contributed by atoms with van der Waals surface area (Å²) in [5.74, 6) is -3.29. The number of aliphatic hydroxyl groups is 2. The number of aliphatic carboxylic acids is 2. The second-order valence-corrected chi connectivity index (χ2v) is 14.4. The summed E-state index contributed by atoms with van der Waals surface area (Å²) in [6.07, 6.45) is 37.3. The first-order valence-electron chi connectivity index (χ1n) is 20.2. The Kier molecular flexibility index (Phi) is 30.4. The van der Waals surface area contributed by atoms with Gasteiger partial charge >= 0.3 is 11.9 Å². The van der Waals surface area contributed by atoms with E-state index in [1.54, 1.807) is 0 Å². The highest BCUT2D eigenvalue weighted by Gasteiger charge is 2.59. The van der Waals surface area contributed by atoms with Crippen LogP contribution in [0.4, 0.5) is 0 Å². The molecule has 0 spiro atoms. The molecule has 274 valence electrons. The summed E-state index contributed by atoms with van der Waals surface area (Å²) in [5, 5.41) is 41.6. The molecule has 2 unspecified atom stereocenters. The van der Waals surface area contributed by atoms with Crippen molar-refractivity contribution in [3.05, 3.63) is 0 Å². The smallest absolute Gasteiger partial charge is 0.339 e. The van der Waals surface area contributed by atoms with Crippen LogP contribution in [0.2, 0.25) is 0 Å². The third kappa shape index (κ3) is 22.4. The van der Waals surface area contributed by atoms with Gasteiger partial charge < -0.3 is 20.4 Å². The molecule has 0 aliphatic carbocycles. The molecule has 0 aromatic heterocycles. The molecule has 6 heteroatoms. The molecular formula is C40H78O6. The van der Waals surface area contributed by atoms with Gasteiger partial charge in [0.05, 0.1) is 0 Å². The number of rotatable bonds is 37. The first-order valence-corrected chi connectivity index (χ1v) is 20.2. The van der Waals surface area contributed by atoms with Gasteiger partial charge in [0.2, 0.25) is 11.2 Å². The highest BCUT2D eigenvalue weighted by Crippen LogP contribution is 2.34. The van der Waals surface area contributed by atoms with Gasteiger partial charge in [-0.2, -0.15) is 0 Å². The first-order chi connectivity index (χ1) is 22.3. The minimum atomic E-state index is -2.68. The Balaban J connectivity index is 4.04. The van der Waals surface area contributed by atoms with Crippen molar-refractivity contribution in [2.75, 3.05) is 0 Å². The third-order valence-electron chi connectivity index (χ3n) is 10.2. The molecule has 0 radical (unpaired) electrons. The zero-order valence-corrected chi connectivity index (χ0v) is 30.6. The predicted octanol–water partition coefficient (Wildman–Crippen LogP) is 11.9. The maximum atomic E-state index is 12.1. The molecule has 0 aliphatic heterocycles. The molecule has 0 aromatic rings. The van der Waals surface area contributed by atoms with Gasteiger partial charge in [-0.1, -0.05) is 206 Å². The van der Waals surface area contributed by atoms with Crippen LogP contribution in [0.25, 0.3) is 0 Å². The average Bonchev–Trinajstić information content (AvgIpc) is 3.03. The maximum Gasteiger partial charge on any atom is 0.339 e. The zero-order chi connectivity index (χ0) is 34.2. The summed E-state index contributed by atoms with van der Waals surface area (Å²) in [6.45, 7) is 4.51. The van der Waals surface area contributed by atoms with E-state index in [2.05, 4.69) is 13.8 Å². The van der Waals surface area contributed by atoms with Crippen molar-refractivity contribution in [3.8, 4) is 0 Å². The van der Waals surface area contributed by atoms with Crippen molar-refractivity contribution in [2.24, 2.45) is 0 Å². The van der Waals surface area contributed by atoms with Crippen molar-refractivity contribution < 1.29 is 30.0 Å². The molecular weight excluding hydrogens is 576 g/mol. The van der Waals surface area contributed by atoms with Crippen molar-refractivity contribution in [3.63, 3.8) is 0 Å². The lowest BCUT2D eigenvalue weighted by Crippen LogP contribution is -2.63. The predicted molar refractivity (Wildman–Crippen MR) is 193 cm³/mol. The van der Waals surface area contributed by atoms with E-state index in [1.807, 2.05) is 0 Å². The molecule has 0 fully saturated rings. The van der Waals surface area contributed by atoms with E-state index in [1.165, 1.54) is 141 Å². The second kappa shape index (κ2) is 31.1. The number of hydrogen-bond donors (Lipinski definition) is 4. The summed E-state index contributed by atoms with van der Waals surface area (Å²) < 4.78 is 0. The van der Waals surface area contributed by atoms with Crippen LogP contribution in [0, 0.1) is 0 Å². The van der Waals surface area contributed by atoms with Gasteiger partial charge in [0.25, 0.3) is 0 Å². The number of unbranched alkanes of at least 4 members (excludes halogenated alkanes) is 30. The second-order valence-electron chi connectivity index (χ2n) is 14.4. The lowest BCUT2D eigenvalue weighted by molar-refractivity contribution is -0.210. The van der Waals surface area contributed by atoms with E-state index in [0.29, 0.717) is 12.8 Å². The van der Waals surface area contributed by atoms with E-state index in [0.717, 1.165) is 51.4 Å². The van der Waals surface area contributed by atoms with Crippen molar-refractivity contribution in [2.45, 2.75) is 243 Å². The van der Waals surface area contributed by atoms with E-state index in [9.17, 15) is 30.0 Å². The van der Waals surface area contributed by atoms with Gasteiger partial charge in [-0.15, -0.1) is 0 Å². The number of hydrogen-bond acceptors (Lipinski definition) is 4. The van der Waals surface area contributed by atoms with Crippen LogP contribution in [0.3, 0.4) is 0 Å². The van der Waals surface area contributed by atoms with Crippen LogP contribution in [0.15, 0.2) is 0 Å². The van der Waals surface area contributed by atoms with E-state index in [4.69, 9.17) is 0 Å². The van der Waals surface area contributed by atoms with E-state index < -0.39 is 23.1 Å². The largest absolute Gasteiger partial charge is 0.479 e. The van der Waals surface area contributed by atoms with Gasteiger partial charge in [0.1, 0.15) is 0 Å². The zero-order valence-electron chi connectivity index (χ0n) is 30.6. The molecule has 0 aromatic carbocycles. The summed E-state index contributed by atoms with van der Waals surface area (Å²) in [5.41, 5.74) is -5.35. The van der Waals surface area contributed by atoms with Crippen LogP contribution in [-0.2, 0) is 9.59 Å². The minimum absolute atomic E-state index is 0.248. The fourth-order valence-electron chi connectivity index (χ4n) is 6.84. The molecule has 0 aliphatic rings. The lowest BCUT2D eigenvalue weighted by Gasteiger charge is -2.37. The van der Waals surface area contributed by atoms with Crippen LogP contribution < -0.4 is 0 Å². The molecule has 0 amide bonds. The Morgan fingerprint density at radius 1 is 0.326 bits per heavy atom. The number of carboxylic acid groups (broad SMARTS) is 2. The lowest BCUT2D eigenvalue weighted by atomic mass is 9.75. The highest BCUT2D eigenvalue weighted by molar-refractivity contribution is 5.90. The van der Waals surface area contributed by atoms with Gasteiger partial charge in [-0.25, -0.2) is 9.59 Å². The Labute approximate surface area is 284 Å². The molecule has 0 saturated heterocycles. The van der Waals surface area contributed by atoms with Gasteiger partial charge in [-0.3, -0.25) is 0 Å². The van der Waals surface area contributed by atoms with Crippen LogP contribution in [-0.4, -0.2) is 43.6 Å². The molecule has 46 heavy (non-hydrogen) atoms. The standard InChI is InChI=1S/C40H78O6/c1-3-5-7-9-11-13-15-17-19-21-23-25-27-29-31-33-35-39(45,37(41)42)40(46,38(43)44)36-34-32-30-28-26-24-22-20-18-16-14-12-10-8-6-4-2/h45-46H,3-36H2,1-2H3,(H,41,42)(H,43,44). The van der Waals surface area contributed by atoms with E-state index >= 15 is 0 Å². The topological polar surface area (TPSA) is 115 Å². The van der Waals surface area contributed by atoms with Crippen molar-refractivity contribution >= 4 is 11.9 Å². The molecule has 4 N–H and O–H groups in total.